The average molecular weight is 268 g/mol. The maximum atomic E-state index is 11.6. The third-order valence-corrected chi connectivity index (χ3v) is 2.62. The van der Waals surface area contributed by atoms with E-state index in [1.54, 1.807) is 12.3 Å². The number of hydrogen-bond donors (Lipinski definition) is 1. The van der Waals surface area contributed by atoms with Crippen molar-refractivity contribution in [3.8, 4) is 0 Å². The van der Waals surface area contributed by atoms with Crippen molar-refractivity contribution in [3.05, 3.63) is 36.1 Å². The molecule has 0 aromatic carbocycles. The quantitative estimate of drug-likeness (QED) is 0.407. The summed E-state index contributed by atoms with van der Waals surface area (Å²) in [6, 6.07) is 0. The molecule has 0 spiro atoms. The standard InChI is InChI=1S/C14H20O5/c1-17-14(16)13-5-3-2-4-12(13)6-8-18-10-11-19-9-7-15/h2-4,6,8,13,15H,5,7,9-11H2,1H3/b8-6+. The van der Waals surface area contributed by atoms with E-state index >= 15 is 0 Å². The molecule has 1 atom stereocenters. The van der Waals surface area contributed by atoms with E-state index in [1.165, 1.54) is 7.11 Å². The number of carbonyl (C=O) groups is 1. The predicted octanol–water partition coefficient (Wildman–Crippen LogP) is 1.20. The molecule has 5 nitrogen and oxygen atoms in total. The summed E-state index contributed by atoms with van der Waals surface area (Å²) in [7, 11) is 1.39. The summed E-state index contributed by atoms with van der Waals surface area (Å²) >= 11 is 0. The number of esters is 1. The van der Waals surface area contributed by atoms with E-state index in [0.29, 0.717) is 26.2 Å². The Morgan fingerprint density at radius 3 is 3.05 bits per heavy atom. The molecule has 0 aromatic rings. The Hall–Kier alpha value is -1.59. The van der Waals surface area contributed by atoms with Crippen molar-refractivity contribution in [2.75, 3.05) is 33.5 Å². The summed E-state index contributed by atoms with van der Waals surface area (Å²) in [6.07, 6.45) is 9.65. The van der Waals surface area contributed by atoms with Crippen LogP contribution < -0.4 is 0 Å². The molecule has 1 aliphatic carbocycles. The Bertz CT molecular complexity index is 357. The van der Waals surface area contributed by atoms with E-state index in [1.807, 2.05) is 18.2 Å². The van der Waals surface area contributed by atoms with Crippen LogP contribution in [0.15, 0.2) is 36.1 Å². The van der Waals surface area contributed by atoms with Crippen LogP contribution in [-0.4, -0.2) is 44.6 Å². The van der Waals surface area contributed by atoms with Gasteiger partial charge < -0.3 is 19.3 Å². The van der Waals surface area contributed by atoms with Crippen LogP contribution in [-0.2, 0) is 19.0 Å². The fourth-order valence-electron chi connectivity index (χ4n) is 1.66. The lowest BCUT2D eigenvalue weighted by Crippen LogP contribution is -2.18. The van der Waals surface area contributed by atoms with E-state index in [-0.39, 0.29) is 18.5 Å². The Morgan fingerprint density at radius 1 is 1.47 bits per heavy atom. The van der Waals surface area contributed by atoms with E-state index in [9.17, 15) is 4.79 Å². The van der Waals surface area contributed by atoms with Gasteiger partial charge in [0.2, 0.25) is 0 Å². The highest BCUT2D eigenvalue weighted by Gasteiger charge is 2.22. The molecule has 1 rings (SSSR count). The van der Waals surface area contributed by atoms with Crippen molar-refractivity contribution in [1.29, 1.82) is 0 Å². The van der Waals surface area contributed by atoms with Crippen molar-refractivity contribution < 1.29 is 24.1 Å². The maximum absolute atomic E-state index is 11.6. The molecule has 5 heteroatoms. The summed E-state index contributed by atoms with van der Waals surface area (Å²) in [5.74, 6) is -0.507. The Labute approximate surface area is 113 Å². The molecule has 1 N–H and O–H groups in total. The third kappa shape index (κ3) is 5.72. The van der Waals surface area contributed by atoms with Crippen molar-refractivity contribution in [3.63, 3.8) is 0 Å². The van der Waals surface area contributed by atoms with Gasteiger partial charge in [-0.3, -0.25) is 4.79 Å². The van der Waals surface area contributed by atoms with Gasteiger partial charge >= 0.3 is 5.97 Å². The van der Waals surface area contributed by atoms with Crippen LogP contribution in [0.25, 0.3) is 0 Å². The second kappa shape index (κ2) is 9.35. The second-order valence-corrected chi connectivity index (χ2v) is 3.92. The molecule has 0 bridgehead atoms. The van der Waals surface area contributed by atoms with Gasteiger partial charge in [-0.1, -0.05) is 18.2 Å². The van der Waals surface area contributed by atoms with E-state index in [4.69, 9.17) is 19.3 Å². The largest absolute Gasteiger partial charge is 0.499 e. The zero-order chi connectivity index (χ0) is 13.9. The first kappa shape index (κ1) is 15.5. The molecule has 0 fully saturated rings. The lowest BCUT2D eigenvalue weighted by atomic mass is 9.91. The molecule has 0 radical (unpaired) electrons. The van der Waals surface area contributed by atoms with Gasteiger partial charge in [0.05, 0.1) is 39.1 Å². The summed E-state index contributed by atoms with van der Waals surface area (Å²) in [6.45, 7) is 1.15. The fraction of sp³-hybridized carbons (Fsp3) is 0.500. The van der Waals surface area contributed by atoms with E-state index in [0.717, 1.165) is 5.57 Å². The van der Waals surface area contributed by atoms with Gasteiger partial charge in [-0.2, -0.15) is 0 Å². The van der Waals surface area contributed by atoms with Gasteiger partial charge in [-0.05, 0) is 18.1 Å². The topological polar surface area (TPSA) is 65.0 Å². The smallest absolute Gasteiger partial charge is 0.313 e. The summed E-state index contributed by atoms with van der Waals surface area (Å²) in [5, 5.41) is 8.51. The fourth-order valence-corrected chi connectivity index (χ4v) is 1.66. The van der Waals surface area contributed by atoms with Gasteiger partial charge in [-0.15, -0.1) is 0 Å². The maximum Gasteiger partial charge on any atom is 0.313 e. The first-order valence-corrected chi connectivity index (χ1v) is 6.21. The molecule has 0 aliphatic heterocycles. The van der Waals surface area contributed by atoms with Crippen LogP contribution in [0.2, 0.25) is 0 Å². The van der Waals surface area contributed by atoms with Crippen LogP contribution in [0, 0.1) is 5.92 Å². The number of methoxy groups -OCH3 is 1. The Morgan fingerprint density at radius 2 is 2.32 bits per heavy atom. The monoisotopic (exact) mass is 268 g/mol. The lowest BCUT2D eigenvalue weighted by Gasteiger charge is -2.16. The van der Waals surface area contributed by atoms with Crippen molar-refractivity contribution in [2.45, 2.75) is 6.42 Å². The Balaban J connectivity index is 2.34. The van der Waals surface area contributed by atoms with Gasteiger partial charge in [-0.25, -0.2) is 0 Å². The predicted molar refractivity (Wildman–Crippen MR) is 70.3 cm³/mol. The zero-order valence-corrected chi connectivity index (χ0v) is 11.1. The number of allylic oxidation sites excluding steroid dienone is 4. The van der Waals surface area contributed by atoms with E-state index < -0.39 is 0 Å². The highest BCUT2D eigenvalue weighted by molar-refractivity contribution is 5.77. The number of rotatable bonds is 8. The molecule has 19 heavy (non-hydrogen) atoms. The molecule has 0 saturated carbocycles. The van der Waals surface area contributed by atoms with Crippen LogP contribution in [0.3, 0.4) is 0 Å². The molecular formula is C14H20O5. The lowest BCUT2D eigenvalue weighted by molar-refractivity contribution is -0.143. The molecule has 1 aliphatic rings. The number of ether oxygens (including phenoxy) is 3. The molecule has 1 unspecified atom stereocenters. The molecular weight excluding hydrogens is 248 g/mol. The third-order valence-electron chi connectivity index (χ3n) is 2.62. The van der Waals surface area contributed by atoms with Gasteiger partial charge in [0.15, 0.2) is 0 Å². The molecule has 0 amide bonds. The van der Waals surface area contributed by atoms with Crippen LogP contribution >= 0.6 is 0 Å². The summed E-state index contributed by atoms with van der Waals surface area (Å²) in [4.78, 5) is 11.6. The molecule has 0 aromatic heterocycles. The SMILES string of the molecule is COC(=O)C1CC=CC=C1/C=C/OCCOCCO. The van der Waals surface area contributed by atoms with Gasteiger partial charge in [0, 0.05) is 0 Å². The molecule has 106 valence electrons. The number of aliphatic hydroxyl groups excluding tert-OH is 1. The summed E-state index contributed by atoms with van der Waals surface area (Å²) in [5.41, 5.74) is 0.866. The number of carbonyl (C=O) groups excluding carboxylic acids is 1. The normalized spacial score (nSPS) is 18.4. The first-order valence-electron chi connectivity index (χ1n) is 6.21. The van der Waals surface area contributed by atoms with E-state index in [2.05, 4.69) is 0 Å². The zero-order valence-electron chi connectivity index (χ0n) is 11.1. The van der Waals surface area contributed by atoms with Crippen LogP contribution in [0.5, 0.6) is 0 Å². The summed E-state index contributed by atoms with van der Waals surface area (Å²) < 4.78 is 15.0. The first-order chi connectivity index (χ1) is 9.29. The highest BCUT2D eigenvalue weighted by Crippen LogP contribution is 2.22. The van der Waals surface area contributed by atoms with Crippen LogP contribution in [0.4, 0.5) is 0 Å². The molecule has 0 heterocycles. The highest BCUT2D eigenvalue weighted by atomic mass is 16.5. The minimum absolute atomic E-state index is 0.00979. The number of hydrogen-bond acceptors (Lipinski definition) is 5. The number of aliphatic hydroxyl groups is 1. The Kier molecular flexibility index (Phi) is 7.62. The second-order valence-electron chi connectivity index (χ2n) is 3.92. The van der Waals surface area contributed by atoms with Crippen LogP contribution in [0.1, 0.15) is 6.42 Å². The van der Waals surface area contributed by atoms with Crippen molar-refractivity contribution in [1.82, 2.24) is 0 Å². The van der Waals surface area contributed by atoms with Gasteiger partial charge in [0.1, 0.15) is 6.61 Å². The minimum Gasteiger partial charge on any atom is -0.499 e. The minimum atomic E-state index is -0.263. The van der Waals surface area contributed by atoms with Crippen molar-refractivity contribution in [2.24, 2.45) is 5.92 Å². The average Bonchev–Trinajstić information content (AvgIpc) is 2.46. The van der Waals surface area contributed by atoms with Gasteiger partial charge in [0.25, 0.3) is 0 Å². The molecule has 0 saturated heterocycles. The van der Waals surface area contributed by atoms with Crippen molar-refractivity contribution >= 4 is 5.97 Å².